The molecule has 0 fully saturated rings. The summed E-state index contributed by atoms with van der Waals surface area (Å²) in [6, 6.07) is 14.9. The van der Waals surface area contributed by atoms with Crippen LogP contribution in [0.4, 0.5) is 0 Å². The summed E-state index contributed by atoms with van der Waals surface area (Å²) < 4.78 is 39.4. The van der Waals surface area contributed by atoms with Gasteiger partial charge in [0.15, 0.2) is 0 Å². The molecular formula is C22H34O6P2. The normalized spacial score (nSPS) is 14.6. The lowest BCUT2D eigenvalue weighted by Gasteiger charge is -2.18. The van der Waals surface area contributed by atoms with Gasteiger partial charge in [-0.05, 0) is 54.9 Å². The second-order valence-electron chi connectivity index (χ2n) is 7.31. The summed E-state index contributed by atoms with van der Waals surface area (Å²) in [7, 11) is -5.96. The van der Waals surface area contributed by atoms with Gasteiger partial charge in [0.1, 0.15) is 0 Å². The topological polar surface area (TPSA) is 82.1 Å². The SMILES string of the molecule is CCCOP(=O)(CCCCCO[PH](=O)O)OCCCCc1ccc2ccccc2c1. The molecule has 30 heavy (non-hydrogen) atoms. The van der Waals surface area contributed by atoms with Crippen molar-refractivity contribution in [1.82, 2.24) is 0 Å². The van der Waals surface area contributed by atoms with E-state index in [4.69, 9.17) is 13.9 Å². The highest BCUT2D eigenvalue weighted by Crippen LogP contribution is 2.49. The van der Waals surface area contributed by atoms with Crippen LogP contribution < -0.4 is 0 Å². The Balaban J connectivity index is 1.69. The highest BCUT2D eigenvalue weighted by Gasteiger charge is 2.23. The van der Waals surface area contributed by atoms with Gasteiger partial charge in [-0.1, -0.05) is 55.8 Å². The maximum atomic E-state index is 12.9. The number of aryl methyl sites for hydroxylation is 1. The largest absolute Gasteiger partial charge is 0.330 e. The third-order valence-electron chi connectivity index (χ3n) is 4.76. The van der Waals surface area contributed by atoms with E-state index in [1.165, 1.54) is 16.3 Å². The van der Waals surface area contributed by atoms with Crippen molar-refractivity contribution in [2.75, 3.05) is 26.0 Å². The van der Waals surface area contributed by atoms with Gasteiger partial charge in [0.25, 0.3) is 0 Å². The smallest absolute Gasteiger partial charge is 0.326 e. The van der Waals surface area contributed by atoms with E-state index in [2.05, 4.69) is 40.9 Å². The van der Waals surface area contributed by atoms with E-state index in [1.807, 2.05) is 13.0 Å². The van der Waals surface area contributed by atoms with Crippen LogP contribution in [0.1, 0.15) is 51.0 Å². The summed E-state index contributed by atoms with van der Waals surface area (Å²) in [5.74, 6) is 0. The molecule has 8 heteroatoms. The van der Waals surface area contributed by atoms with Crippen molar-refractivity contribution >= 4 is 26.6 Å². The summed E-state index contributed by atoms with van der Waals surface area (Å²) in [4.78, 5) is 8.64. The molecule has 0 aromatic heterocycles. The van der Waals surface area contributed by atoms with Gasteiger partial charge >= 0.3 is 15.9 Å². The molecule has 1 N–H and O–H groups in total. The maximum Gasteiger partial charge on any atom is 0.330 e. The second kappa shape index (κ2) is 14.1. The summed E-state index contributed by atoms with van der Waals surface area (Å²) >= 11 is 0. The van der Waals surface area contributed by atoms with Crippen molar-refractivity contribution in [2.24, 2.45) is 0 Å². The van der Waals surface area contributed by atoms with Crippen molar-refractivity contribution in [2.45, 2.75) is 51.9 Å². The van der Waals surface area contributed by atoms with Gasteiger partial charge in [-0.2, -0.15) is 0 Å². The first kappa shape index (κ1) is 25.3. The molecule has 0 spiro atoms. The van der Waals surface area contributed by atoms with E-state index in [-0.39, 0.29) is 6.61 Å². The zero-order chi connectivity index (χ0) is 21.7. The average molecular weight is 456 g/mol. The third kappa shape index (κ3) is 9.87. The molecule has 2 unspecified atom stereocenters. The van der Waals surface area contributed by atoms with Crippen molar-refractivity contribution in [3.8, 4) is 0 Å². The Morgan fingerprint density at radius 1 is 0.900 bits per heavy atom. The minimum atomic E-state index is -3.09. The Morgan fingerprint density at radius 3 is 2.40 bits per heavy atom. The molecule has 0 amide bonds. The maximum absolute atomic E-state index is 12.9. The minimum absolute atomic E-state index is 0.240. The first-order valence-electron chi connectivity index (χ1n) is 10.7. The number of fused-ring (bicyclic) bond motifs is 1. The first-order valence-corrected chi connectivity index (χ1v) is 13.7. The van der Waals surface area contributed by atoms with E-state index in [0.717, 1.165) is 32.1 Å². The van der Waals surface area contributed by atoms with E-state index >= 15 is 0 Å². The fourth-order valence-corrected chi connectivity index (χ4v) is 5.30. The Labute approximate surface area is 180 Å². The molecule has 0 radical (unpaired) electrons. The molecule has 2 rings (SSSR count). The van der Waals surface area contributed by atoms with Crippen LogP contribution in [0, 0.1) is 0 Å². The van der Waals surface area contributed by atoms with Gasteiger partial charge in [-0.15, -0.1) is 0 Å². The molecule has 2 aromatic rings. The number of benzene rings is 2. The fourth-order valence-electron chi connectivity index (χ4n) is 3.17. The summed E-state index contributed by atoms with van der Waals surface area (Å²) in [6.45, 7) is 3.06. The predicted octanol–water partition coefficient (Wildman–Crippen LogP) is 6.37. The lowest BCUT2D eigenvalue weighted by Crippen LogP contribution is -2.03. The van der Waals surface area contributed by atoms with Gasteiger partial charge in [0.2, 0.25) is 0 Å². The van der Waals surface area contributed by atoms with Gasteiger partial charge in [-0.25, -0.2) is 0 Å². The molecule has 2 aromatic carbocycles. The summed E-state index contributed by atoms with van der Waals surface area (Å²) in [5, 5.41) is 2.50. The predicted molar refractivity (Wildman–Crippen MR) is 123 cm³/mol. The van der Waals surface area contributed by atoms with Crippen molar-refractivity contribution in [3.63, 3.8) is 0 Å². The summed E-state index contributed by atoms with van der Waals surface area (Å²) in [6.07, 6.45) is 5.97. The van der Waals surface area contributed by atoms with Crippen molar-refractivity contribution in [1.29, 1.82) is 0 Å². The quantitative estimate of drug-likeness (QED) is 0.234. The second-order valence-corrected chi connectivity index (χ2v) is 10.3. The van der Waals surface area contributed by atoms with Crippen LogP contribution in [-0.2, 0) is 29.1 Å². The molecule has 0 aliphatic carbocycles. The molecule has 6 nitrogen and oxygen atoms in total. The lowest BCUT2D eigenvalue weighted by atomic mass is 10.0. The van der Waals surface area contributed by atoms with Crippen LogP contribution >= 0.6 is 15.9 Å². The minimum Gasteiger partial charge on any atom is -0.326 e. The van der Waals surface area contributed by atoms with Crippen LogP contribution in [0.2, 0.25) is 0 Å². The molecule has 0 heterocycles. The van der Waals surface area contributed by atoms with Crippen LogP contribution in [0.25, 0.3) is 10.8 Å². The van der Waals surface area contributed by atoms with E-state index in [1.54, 1.807) is 0 Å². The van der Waals surface area contributed by atoms with Crippen LogP contribution in [-0.4, -0.2) is 30.9 Å². The van der Waals surface area contributed by atoms with Crippen LogP contribution in [0.15, 0.2) is 42.5 Å². The van der Waals surface area contributed by atoms with Gasteiger partial charge in [-0.3, -0.25) is 9.13 Å². The Morgan fingerprint density at radius 2 is 1.63 bits per heavy atom. The highest BCUT2D eigenvalue weighted by atomic mass is 31.2. The van der Waals surface area contributed by atoms with E-state index in [0.29, 0.717) is 32.2 Å². The van der Waals surface area contributed by atoms with Crippen LogP contribution in [0.3, 0.4) is 0 Å². The van der Waals surface area contributed by atoms with E-state index < -0.39 is 15.9 Å². The van der Waals surface area contributed by atoms with Crippen molar-refractivity contribution < 1.29 is 27.6 Å². The number of hydrogen-bond donors (Lipinski definition) is 1. The molecule has 0 aliphatic heterocycles. The molecular weight excluding hydrogens is 422 g/mol. The third-order valence-corrected chi connectivity index (χ3v) is 7.22. The number of rotatable bonds is 16. The van der Waals surface area contributed by atoms with Crippen LogP contribution in [0.5, 0.6) is 0 Å². The number of hydrogen-bond acceptors (Lipinski definition) is 5. The Kier molecular flexibility index (Phi) is 11.9. The molecule has 0 saturated carbocycles. The molecule has 0 saturated heterocycles. The molecule has 168 valence electrons. The monoisotopic (exact) mass is 456 g/mol. The van der Waals surface area contributed by atoms with Gasteiger partial charge < -0.3 is 18.5 Å². The summed E-state index contributed by atoms with van der Waals surface area (Å²) in [5.41, 5.74) is 1.30. The lowest BCUT2D eigenvalue weighted by molar-refractivity contribution is 0.200. The standard InChI is InChI=1S/C22H34O6P2/c1-2-15-27-30(25,18-9-3-7-16-26-29(23)24)28-17-8-6-10-20-13-14-21-11-4-5-12-22(21)19-20/h4-5,11-14,19,29H,2-3,6-10,15-18H2,1H3,(H,23,24). The van der Waals surface area contributed by atoms with E-state index in [9.17, 15) is 9.13 Å². The average Bonchev–Trinajstić information content (AvgIpc) is 2.74. The Hall–Kier alpha value is -1.00. The number of unbranched alkanes of at least 4 members (excludes halogenated alkanes) is 3. The van der Waals surface area contributed by atoms with Crippen molar-refractivity contribution in [3.05, 3.63) is 48.0 Å². The molecule has 2 atom stereocenters. The fraction of sp³-hybridized carbons (Fsp3) is 0.545. The van der Waals surface area contributed by atoms with Gasteiger partial charge in [0.05, 0.1) is 26.0 Å². The Bertz CT molecular complexity index is 826. The zero-order valence-electron chi connectivity index (χ0n) is 17.8. The first-order chi connectivity index (χ1) is 14.5. The molecule has 0 bridgehead atoms. The zero-order valence-corrected chi connectivity index (χ0v) is 19.6. The van der Waals surface area contributed by atoms with Gasteiger partial charge in [0, 0.05) is 0 Å². The molecule has 0 aliphatic rings. The highest BCUT2D eigenvalue weighted by molar-refractivity contribution is 7.53.